The molecule has 1 aliphatic rings. The van der Waals surface area contributed by atoms with Gasteiger partial charge in [-0.05, 0) is 69.9 Å². The third kappa shape index (κ3) is 6.28. The van der Waals surface area contributed by atoms with Crippen LogP contribution in [0, 0.1) is 19.8 Å². The van der Waals surface area contributed by atoms with Gasteiger partial charge in [0.25, 0.3) is 5.91 Å². The molecule has 1 fully saturated rings. The monoisotopic (exact) mass is 452 g/mol. The van der Waals surface area contributed by atoms with Crippen LogP contribution in [0.5, 0.6) is 11.5 Å². The quantitative estimate of drug-likeness (QED) is 0.623. The molecular weight excluding hydrogens is 416 g/mol. The molecule has 1 saturated heterocycles. The van der Waals surface area contributed by atoms with E-state index in [4.69, 9.17) is 9.47 Å². The van der Waals surface area contributed by atoms with Gasteiger partial charge in [0, 0.05) is 18.7 Å². The minimum absolute atomic E-state index is 0.000229. The fourth-order valence-corrected chi connectivity index (χ4v) is 4.36. The van der Waals surface area contributed by atoms with Crippen LogP contribution in [-0.2, 0) is 4.79 Å². The lowest BCUT2D eigenvalue weighted by Gasteiger charge is -2.33. The van der Waals surface area contributed by atoms with E-state index in [-0.39, 0.29) is 23.8 Å². The van der Waals surface area contributed by atoms with Gasteiger partial charge in [-0.1, -0.05) is 30.2 Å². The number of likely N-dealkylation sites (tertiary alicyclic amines) is 1. The fourth-order valence-electron chi connectivity index (χ4n) is 4.36. The predicted octanol–water partition coefficient (Wildman–Crippen LogP) is 4.83. The molecule has 0 aromatic heterocycles. The van der Waals surface area contributed by atoms with Gasteiger partial charge in [0.2, 0.25) is 5.91 Å². The van der Waals surface area contributed by atoms with E-state index in [1.807, 2.05) is 56.0 Å². The van der Waals surface area contributed by atoms with Gasteiger partial charge in [0.05, 0.1) is 25.7 Å². The molecule has 3 rings (SSSR count). The van der Waals surface area contributed by atoms with Crippen LogP contribution in [0.1, 0.15) is 66.2 Å². The molecule has 2 amide bonds. The van der Waals surface area contributed by atoms with Crippen molar-refractivity contribution < 1.29 is 19.1 Å². The largest absolute Gasteiger partial charge is 0.493 e. The molecule has 0 saturated carbocycles. The van der Waals surface area contributed by atoms with Crippen molar-refractivity contribution in [2.24, 2.45) is 5.92 Å². The highest BCUT2D eigenvalue weighted by Crippen LogP contribution is 2.31. The first-order valence-electron chi connectivity index (χ1n) is 11.8. The maximum absolute atomic E-state index is 13.1. The summed E-state index contributed by atoms with van der Waals surface area (Å²) >= 11 is 0. The average Bonchev–Trinajstić information content (AvgIpc) is 2.81. The molecule has 0 aliphatic carbocycles. The Kier molecular flexibility index (Phi) is 8.37. The van der Waals surface area contributed by atoms with Gasteiger partial charge in [-0.15, -0.1) is 0 Å². The number of ether oxygens (including phenoxy) is 2. The third-order valence-electron chi connectivity index (χ3n) is 6.06. The molecule has 0 spiro atoms. The summed E-state index contributed by atoms with van der Waals surface area (Å²) in [5.74, 6) is 1.12. The molecule has 33 heavy (non-hydrogen) atoms. The standard InChI is InChI=1S/C27H36N2O4/c1-6-12-33-24-10-9-21(16-25(24)32-5)20(4)28-26(30)22-8-7-11-29(17-22)27(31)23-14-18(2)13-19(3)15-23/h9-10,13-16,20,22H,6-8,11-12,17H2,1-5H3,(H,28,30). The highest BCUT2D eigenvalue weighted by molar-refractivity contribution is 5.95. The lowest BCUT2D eigenvalue weighted by Crippen LogP contribution is -2.45. The summed E-state index contributed by atoms with van der Waals surface area (Å²) in [5.41, 5.74) is 3.78. The van der Waals surface area contributed by atoms with E-state index in [1.165, 1.54) is 0 Å². The number of methoxy groups -OCH3 is 1. The van der Waals surface area contributed by atoms with Crippen LogP contribution < -0.4 is 14.8 Å². The minimum Gasteiger partial charge on any atom is -0.493 e. The van der Waals surface area contributed by atoms with Crippen molar-refractivity contribution in [1.82, 2.24) is 10.2 Å². The van der Waals surface area contributed by atoms with Gasteiger partial charge in [-0.3, -0.25) is 9.59 Å². The number of amides is 2. The summed E-state index contributed by atoms with van der Waals surface area (Å²) in [4.78, 5) is 27.9. The van der Waals surface area contributed by atoms with Crippen LogP contribution >= 0.6 is 0 Å². The molecule has 2 aromatic rings. The Balaban J connectivity index is 1.64. The number of carbonyl (C=O) groups excluding carboxylic acids is 2. The molecular formula is C27H36N2O4. The van der Waals surface area contributed by atoms with Crippen LogP contribution in [0.3, 0.4) is 0 Å². The number of aryl methyl sites for hydroxylation is 2. The molecule has 0 bridgehead atoms. The van der Waals surface area contributed by atoms with Crippen molar-refractivity contribution in [3.8, 4) is 11.5 Å². The van der Waals surface area contributed by atoms with Gasteiger partial charge < -0.3 is 19.7 Å². The maximum Gasteiger partial charge on any atom is 0.253 e. The Morgan fingerprint density at radius 3 is 2.52 bits per heavy atom. The first kappa shape index (κ1) is 24.6. The smallest absolute Gasteiger partial charge is 0.253 e. The van der Waals surface area contributed by atoms with E-state index < -0.39 is 0 Å². The predicted molar refractivity (Wildman–Crippen MR) is 130 cm³/mol. The van der Waals surface area contributed by atoms with Crippen molar-refractivity contribution in [3.63, 3.8) is 0 Å². The zero-order chi connectivity index (χ0) is 24.0. The fraction of sp³-hybridized carbons (Fsp3) is 0.481. The van der Waals surface area contributed by atoms with E-state index in [9.17, 15) is 9.59 Å². The van der Waals surface area contributed by atoms with Gasteiger partial charge >= 0.3 is 0 Å². The second kappa shape index (κ2) is 11.2. The van der Waals surface area contributed by atoms with E-state index >= 15 is 0 Å². The van der Waals surface area contributed by atoms with Crippen molar-refractivity contribution in [2.75, 3.05) is 26.8 Å². The summed E-state index contributed by atoms with van der Waals surface area (Å²) in [5, 5.41) is 3.12. The number of nitrogens with one attached hydrogen (secondary N) is 1. The van der Waals surface area contributed by atoms with E-state index in [1.54, 1.807) is 7.11 Å². The summed E-state index contributed by atoms with van der Waals surface area (Å²) in [6.07, 6.45) is 2.52. The number of nitrogens with zero attached hydrogens (tertiary/aromatic N) is 1. The highest BCUT2D eigenvalue weighted by atomic mass is 16.5. The Morgan fingerprint density at radius 1 is 1.12 bits per heavy atom. The van der Waals surface area contributed by atoms with Crippen molar-refractivity contribution >= 4 is 11.8 Å². The van der Waals surface area contributed by atoms with Crippen LogP contribution in [-0.4, -0.2) is 43.5 Å². The molecule has 1 N–H and O–H groups in total. The number of hydrogen-bond donors (Lipinski definition) is 1. The number of benzene rings is 2. The Bertz CT molecular complexity index is 968. The molecule has 2 unspecified atom stereocenters. The molecule has 178 valence electrons. The van der Waals surface area contributed by atoms with Gasteiger partial charge in [-0.25, -0.2) is 0 Å². The van der Waals surface area contributed by atoms with Gasteiger partial charge in [0.15, 0.2) is 11.5 Å². The molecule has 2 aromatic carbocycles. The highest BCUT2D eigenvalue weighted by Gasteiger charge is 2.30. The molecule has 1 heterocycles. The lowest BCUT2D eigenvalue weighted by molar-refractivity contribution is -0.127. The summed E-state index contributed by atoms with van der Waals surface area (Å²) in [7, 11) is 1.62. The molecule has 6 nitrogen and oxygen atoms in total. The van der Waals surface area contributed by atoms with Crippen LogP contribution in [0.4, 0.5) is 0 Å². The topological polar surface area (TPSA) is 67.9 Å². The number of carbonyl (C=O) groups is 2. The van der Waals surface area contributed by atoms with E-state index in [0.717, 1.165) is 36.0 Å². The van der Waals surface area contributed by atoms with Gasteiger partial charge in [-0.2, -0.15) is 0 Å². The van der Waals surface area contributed by atoms with Crippen LogP contribution in [0.2, 0.25) is 0 Å². The van der Waals surface area contributed by atoms with Gasteiger partial charge in [0.1, 0.15) is 0 Å². The van der Waals surface area contributed by atoms with E-state index in [0.29, 0.717) is 36.8 Å². The second-order valence-corrected chi connectivity index (χ2v) is 8.96. The summed E-state index contributed by atoms with van der Waals surface area (Å²) in [6, 6.07) is 11.5. The number of hydrogen-bond acceptors (Lipinski definition) is 4. The zero-order valence-corrected chi connectivity index (χ0v) is 20.4. The number of piperidine rings is 1. The van der Waals surface area contributed by atoms with Crippen molar-refractivity contribution in [1.29, 1.82) is 0 Å². The Morgan fingerprint density at radius 2 is 1.85 bits per heavy atom. The third-order valence-corrected chi connectivity index (χ3v) is 6.06. The zero-order valence-electron chi connectivity index (χ0n) is 20.4. The normalized spacial score (nSPS) is 16.8. The molecule has 1 aliphatic heterocycles. The SMILES string of the molecule is CCCOc1ccc(C(C)NC(=O)C2CCCN(C(=O)c3cc(C)cc(C)c3)C2)cc1OC. The molecule has 6 heteroatoms. The lowest BCUT2D eigenvalue weighted by atomic mass is 9.95. The average molecular weight is 453 g/mol. The van der Waals surface area contributed by atoms with Crippen molar-refractivity contribution in [2.45, 2.75) is 53.0 Å². The minimum atomic E-state index is -0.217. The maximum atomic E-state index is 13.1. The van der Waals surface area contributed by atoms with Crippen LogP contribution in [0.15, 0.2) is 36.4 Å². The number of rotatable bonds is 8. The molecule has 0 radical (unpaired) electrons. The summed E-state index contributed by atoms with van der Waals surface area (Å²) in [6.45, 7) is 9.76. The second-order valence-electron chi connectivity index (χ2n) is 8.96. The Labute approximate surface area is 197 Å². The summed E-state index contributed by atoms with van der Waals surface area (Å²) < 4.78 is 11.2. The first-order chi connectivity index (χ1) is 15.8. The first-order valence-corrected chi connectivity index (χ1v) is 11.8. The molecule has 2 atom stereocenters. The van der Waals surface area contributed by atoms with Crippen molar-refractivity contribution in [3.05, 3.63) is 58.7 Å². The van der Waals surface area contributed by atoms with Crippen LogP contribution in [0.25, 0.3) is 0 Å². The van der Waals surface area contributed by atoms with E-state index in [2.05, 4.69) is 18.3 Å². The Hall–Kier alpha value is -3.02.